The van der Waals surface area contributed by atoms with Gasteiger partial charge in [0.15, 0.2) is 24.0 Å². The van der Waals surface area contributed by atoms with Crippen LogP contribution in [0.4, 0.5) is 17.6 Å². The third-order valence-electron chi connectivity index (χ3n) is 4.22. The van der Waals surface area contributed by atoms with Gasteiger partial charge in [-0.15, -0.1) is 0 Å². The second-order valence-electron chi connectivity index (χ2n) is 6.20. The van der Waals surface area contributed by atoms with Gasteiger partial charge in [0.05, 0.1) is 31.5 Å². The largest absolute Gasteiger partial charge is 0.484 e. The maximum Gasteiger partial charge on any atom is 0.447 e. The van der Waals surface area contributed by atoms with Gasteiger partial charge in [0.2, 0.25) is 0 Å². The van der Waals surface area contributed by atoms with Crippen molar-refractivity contribution in [1.29, 1.82) is 0 Å². The SMILES string of the molecule is CCC(=O)c1cnn(Cc2ccc(OCC3(C(F)(F)F)OCCO3)c(F)c2)c1. The number of ether oxygens (including phenoxy) is 3. The molecule has 1 saturated heterocycles. The molecule has 0 amide bonds. The lowest BCUT2D eigenvalue weighted by Crippen LogP contribution is -2.51. The standard InChI is InChI=1S/C18H18F4N2O4/c1-2-15(25)13-8-23-24(10-13)9-12-3-4-16(14(19)7-12)26-11-17(18(20,21)22)27-5-6-28-17/h3-4,7-8,10H,2,5-6,9,11H2,1H3. The molecule has 1 fully saturated rings. The van der Waals surface area contributed by atoms with Crippen molar-refractivity contribution in [2.45, 2.75) is 31.9 Å². The van der Waals surface area contributed by atoms with Crippen molar-refractivity contribution in [3.05, 3.63) is 47.5 Å². The Bertz CT molecular complexity index is 844. The van der Waals surface area contributed by atoms with Crippen LogP contribution in [0.1, 0.15) is 29.3 Å². The lowest BCUT2D eigenvalue weighted by atomic mass is 10.2. The smallest absolute Gasteiger partial charge is 0.447 e. The van der Waals surface area contributed by atoms with Gasteiger partial charge in [-0.2, -0.15) is 18.3 Å². The van der Waals surface area contributed by atoms with Gasteiger partial charge in [-0.25, -0.2) is 4.39 Å². The normalized spacial score (nSPS) is 16.3. The molecule has 10 heteroatoms. The molecule has 3 rings (SSSR count). The molecule has 28 heavy (non-hydrogen) atoms. The van der Waals surface area contributed by atoms with Crippen molar-refractivity contribution in [2.24, 2.45) is 0 Å². The average molecular weight is 402 g/mol. The van der Waals surface area contributed by atoms with E-state index >= 15 is 0 Å². The van der Waals surface area contributed by atoms with Crippen LogP contribution in [0.15, 0.2) is 30.6 Å². The Morgan fingerprint density at radius 2 is 2.04 bits per heavy atom. The number of carbonyl (C=O) groups excluding carboxylic acids is 1. The molecule has 0 atom stereocenters. The number of nitrogens with zero attached hydrogens (tertiary/aromatic N) is 2. The minimum Gasteiger partial charge on any atom is -0.484 e. The fraction of sp³-hybridized carbons (Fsp3) is 0.444. The lowest BCUT2D eigenvalue weighted by molar-refractivity contribution is -0.350. The minimum absolute atomic E-state index is 0.0591. The molecule has 1 aliphatic rings. The highest BCUT2D eigenvalue weighted by Crippen LogP contribution is 2.38. The molecule has 2 aromatic rings. The topological polar surface area (TPSA) is 62.6 Å². The van der Waals surface area contributed by atoms with Crippen LogP contribution in [-0.4, -0.2) is 47.3 Å². The Kier molecular flexibility index (Phi) is 5.71. The second-order valence-corrected chi connectivity index (χ2v) is 6.20. The van der Waals surface area contributed by atoms with Crippen LogP contribution >= 0.6 is 0 Å². The highest BCUT2D eigenvalue weighted by Gasteiger charge is 2.61. The number of halogens is 4. The van der Waals surface area contributed by atoms with Gasteiger partial charge in [0.1, 0.15) is 0 Å². The monoisotopic (exact) mass is 402 g/mol. The Labute approximate surface area is 158 Å². The summed E-state index contributed by atoms with van der Waals surface area (Å²) in [6, 6.07) is 3.86. The maximum atomic E-state index is 14.3. The highest BCUT2D eigenvalue weighted by molar-refractivity contribution is 5.95. The highest BCUT2D eigenvalue weighted by atomic mass is 19.4. The first-order chi connectivity index (χ1) is 13.2. The molecular formula is C18H18F4N2O4. The second kappa shape index (κ2) is 7.88. The van der Waals surface area contributed by atoms with Gasteiger partial charge in [-0.05, 0) is 17.7 Å². The van der Waals surface area contributed by atoms with Crippen LogP contribution in [0, 0.1) is 5.82 Å². The van der Waals surface area contributed by atoms with E-state index in [2.05, 4.69) is 14.6 Å². The third kappa shape index (κ3) is 4.17. The first-order valence-electron chi connectivity index (χ1n) is 8.55. The van der Waals surface area contributed by atoms with Crippen LogP contribution in [0.3, 0.4) is 0 Å². The summed E-state index contributed by atoms with van der Waals surface area (Å²) in [5.41, 5.74) is 0.958. The average Bonchev–Trinajstić information content (AvgIpc) is 3.30. The van der Waals surface area contributed by atoms with E-state index in [-0.39, 0.29) is 31.3 Å². The molecule has 1 aromatic carbocycles. The zero-order chi connectivity index (χ0) is 20.4. The molecule has 0 unspecified atom stereocenters. The molecule has 0 radical (unpaired) electrons. The van der Waals surface area contributed by atoms with E-state index in [1.54, 1.807) is 13.1 Å². The molecule has 1 aliphatic heterocycles. The zero-order valence-electron chi connectivity index (χ0n) is 15.0. The van der Waals surface area contributed by atoms with Gasteiger partial charge >= 0.3 is 12.0 Å². The van der Waals surface area contributed by atoms with Crippen LogP contribution in [0.2, 0.25) is 0 Å². The Balaban J connectivity index is 1.67. The van der Waals surface area contributed by atoms with E-state index in [0.717, 1.165) is 6.07 Å². The molecule has 0 spiro atoms. The molecule has 2 heterocycles. The van der Waals surface area contributed by atoms with Crippen molar-refractivity contribution >= 4 is 5.78 Å². The molecule has 0 bridgehead atoms. The summed E-state index contributed by atoms with van der Waals surface area (Å²) in [6.45, 7) is 0.451. The molecular weight excluding hydrogens is 384 g/mol. The predicted molar refractivity (Wildman–Crippen MR) is 88.5 cm³/mol. The fourth-order valence-corrected chi connectivity index (χ4v) is 2.70. The third-order valence-corrected chi connectivity index (χ3v) is 4.22. The lowest BCUT2D eigenvalue weighted by Gasteiger charge is -2.29. The number of rotatable bonds is 7. The van der Waals surface area contributed by atoms with Crippen molar-refractivity contribution in [3.63, 3.8) is 0 Å². The van der Waals surface area contributed by atoms with Crippen molar-refractivity contribution in [1.82, 2.24) is 9.78 Å². The number of hydrogen-bond acceptors (Lipinski definition) is 5. The molecule has 0 aliphatic carbocycles. The summed E-state index contributed by atoms with van der Waals surface area (Å²) in [4.78, 5) is 11.6. The fourth-order valence-electron chi connectivity index (χ4n) is 2.70. The van der Waals surface area contributed by atoms with Gasteiger partial charge in [-0.3, -0.25) is 9.48 Å². The molecule has 6 nitrogen and oxygen atoms in total. The zero-order valence-corrected chi connectivity index (χ0v) is 15.0. The summed E-state index contributed by atoms with van der Waals surface area (Å²) in [6.07, 6.45) is -1.49. The van der Waals surface area contributed by atoms with Crippen LogP contribution in [0.5, 0.6) is 5.75 Å². The van der Waals surface area contributed by atoms with Crippen molar-refractivity contribution in [2.75, 3.05) is 19.8 Å². The van der Waals surface area contributed by atoms with E-state index in [1.165, 1.54) is 23.0 Å². The van der Waals surface area contributed by atoms with E-state index < -0.39 is 24.4 Å². The predicted octanol–water partition coefficient (Wildman–Crippen LogP) is 3.35. The molecule has 152 valence electrons. The number of hydrogen-bond donors (Lipinski definition) is 0. The van der Waals surface area contributed by atoms with E-state index in [4.69, 9.17) is 4.74 Å². The Morgan fingerprint density at radius 3 is 2.64 bits per heavy atom. The minimum atomic E-state index is -4.81. The molecule has 1 aromatic heterocycles. The van der Waals surface area contributed by atoms with Crippen molar-refractivity contribution in [3.8, 4) is 5.75 Å². The number of carbonyl (C=O) groups is 1. The number of ketones is 1. The molecule has 0 saturated carbocycles. The summed E-state index contributed by atoms with van der Waals surface area (Å²) >= 11 is 0. The van der Waals surface area contributed by atoms with Gasteiger partial charge in [0.25, 0.3) is 0 Å². The quantitative estimate of drug-likeness (QED) is 0.525. The Hall–Kier alpha value is -2.46. The summed E-state index contributed by atoms with van der Waals surface area (Å²) in [7, 11) is 0. The molecule has 0 N–H and O–H groups in total. The summed E-state index contributed by atoms with van der Waals surface area (Å²) < 4.78 is 69.5. The number of aromatic nitrogens is 2. The van der Waals surface area contributed by atoms with Gasteiger partial charge in [-0.1, -0.05) is 13.0 Å². The first-order valence-corrected chi connectivity index (χ1v) is 8.55. The van der Waals surface area contributed by atoms with Crippen LogP contribution in [0.25, 0.3) is 0 Å². The van der Waals surface area contributed by atoms with Gasteiger partial charge < -0.3 is 14.2 Å². The first kappa shape index (κ1) is 20.3. The maximum absolute atomic E-state index is 14.3. The van der Waals surface area contributed by atoms with E-state index in [0.29, 0.717) is 17.5 Å². The number of alkyl halides is 3. The number of Topliss-reactive ketones (excluding diaryl/α,β-unsaturated/α-hetero) is 1. The van der Waals surface area contributed by atoms with E-state index in [9.17, 15) is 22.4 Å². The van der Waals surface area contributed by atoms with Crippen molar-refractivity contribution < 1.29 is 36.6 Å². The van der Waals surface area contributed by atoms with Crippen LogP contribution in [-0.2, 0) is 16.0 Å². The summed E-state index contributed by atoms with van der Waals surface area (Å²) in [5, 5.41) is 4.04. The van der Waals surface area contributed by atoms with E-state index in [1.807, 2.05) is 0 Å². The Morgan fingerprint density at radius 1 is 1.32 bits per heavy atom. The number of benzene rings is 1. The summed E-state index contributed by atoms with van der Waals surface area (Å²) in [5.74, 6) is -4.13. The van der Waals surface area contributed by atoms with Crippen LogP contribution < -0.4 is 4.74 Å². The van der Waals surface area contributed by atoms with Gasteiger partial charge in [0, 0.05) is 12.6 Å².